The molecule has 1 aromatic carbocycles. The van der Waals surface area contributed by atoms with Crippen LogP contribution < -0.4 is 10.5 Å². The van der Waals surface area contributed by atoms with Crippen molar-refractivity contribution in [3.8, 4) is 5.75 Å². The normalized spacial score (nSPS) is 15.1. The van der Waals surface area contributed by atoms with E-state index in [9.17, 15) is 0 Å². The summed E-state index contributed by atoms with van der Waals surface area (Å²) in [5.41, 5.74) is 11.5. The number of hydrogen-bond donors (Lipinski definition) is 1. The quantitative estimate of drug-likeness (QED) is 0.857. The lowest BCUT2D eigenvalue weighted by Crippen LogP contribution is -2.14. The number of rotatable bonds is 3. The predicted molar refractivity (Wildman–Crippen MR) is 92.5 cm³/mol. The molecule has 0 saturated carbocycles. The Morgan fingerprint density at radius 1 is 1.29 bits per heavy atom. The van der Waals surface area contributed by atoms with Crippen molar-refractivity contribution in [2.75, 3.05) is 7.11 Å². The molecule has 0 amide bonds. The third-order valence-corrected chi connectivity index (χ3v) is 6.44. The van der Waals surface area contributed by atoms with E-state index in [0.717, 1.165) is 21.3 Å². The second-order valence-corrected chi connectivity index (χ2v) is 7.70. The van der Waals surface area contributed by atoms with Gasteiger partial charge in [-0.15, -0.1) is 11.3 Å². The van der Waals surface area contributed by atoms with E-state index in [1.807, 2.05) is 11.3 Å². The second-order valence-electron chi connectivity index (χ2n) is 5.68. The van der Waals surface area contributed by atoms with Gasteiger partial charge in [-0.3, -0.25) is 0 Å². The zero-order valence-electron chi connectivity index (χ0n) is 12.6. The minimum Gasteiger partial charge on any atom is -0.496 e. The summed E-state index contributed by atoms with van der Waals surface area (Å²) in [5, 5.41) is 0. The van der Waals surface area contributed by atoms with Crippen molar-refractivity contribution in [3.05, 3.63) is 48.6 Å². The van der Waals surface area contributed by atoms with Crippen LogP contribution in [0.1, 0.15) is 44.5 Å². The number of thiophene rings is 1. The standard InChI is InChI=1S/C17H20BrNOS/c1-9-7-12(18)10(2)15(17(9)20-3)16(19)14-8-11-5-4-6-13(11)21-14/h7-8,16H,4-6,19H2,1-3H3. The molecule has 112 valence electrons. The van der Waals surface area contributed by atoms with Crippen LogP contribution >= 0.6 is 27.3 Å². The Balaban J connectivity index is 2.10. The van der Waals surface area contributed by atoms with Crippen molar-refractivity contribution in [2.24, 2.45) is 5.73 Å². The van der Waals surface area contributed by atoms with Gasteiger partial charge in [-0.1, -0.05) is 15.9 Å². The molecule has 1 aliphatic carbocycles. The van der Waals surface area contributed by atoms with Crippen molar-refractivity contribution < 1.29 is 4.74 Å². The van der Waals surface area contributed by atoms with Crippen LogP contribution in [0.4, 0.5) is 0 Å². The van der Waals surface area contributed by atoms with E-state index < -0.39 is 0 Å². The number of halogens is 1. The van der Waals surface area contributed by atoms with Gasteiger partial charge in [0.2, 0.25) is 0 Å². The summed E-state index contributed by atoms with van der Waals surface area (Å²) in [6.07, 6.45) is 3.70. The molecule has 2 nitrogen and oxygen atoms in total. The highest BCUT2D eigenvalue weighted by Crippen LogP contribution is 2.41. The Labute approximate surface area is 138 Å². The number of hydrogen-bond acceptors (Lipinski definition) is 3. The van der Waals surface area contributed by atoms with Crippen molar-refractivity contribution >= 4 is 27.3 Å². The first-order valence-corrected chi connectivity index (χ1v) is 8.84. The van der Waals surface area contributed by atoms with Crippen molar-refractivity contribution in [1.29, 1.82) is 0 Å². The molecule has 4 heteroatoms. The lowest BCUT2D eigenvalue weighted by Gasteiger charge is -2.20. The Kier molecular flexibility index (Phi) is 4.12. The van der Waals surface area contributed by atoms with Gasteiger partial charge in [-0.2, -0.15) is 0 Å². The molecular weight excluding hydrogens is 346 g/mol. The average Bonchev–Trinajstić information content (AvgIpc) is 3.02. The Morgan fingerprint density at radius 2 is 2.05 bits per heavy atom. The molecule has 2 N–H and O–H groups in total. The third kappa shape index (κ3) is 2.54. The largest absolute Gasteiger partial charge is 0.496 e. The number of ether oxygens (including phenoxy) is 1. The van der Waals surface area contributed by atoms with Crippen LogP contribution in [-0.4, -0.2) is 7.11 Å². The van der Waals surface area contributed by atoms with E-state index in [4.69, 9.17) is 10.5 Å². The summed E-state index contributed by atoms with van der Waals surface area (Å²) in [6, 6.07) is 4.28. The van der Waals surface area contributed by atoms with Crippen molar-refractivity contribution in [3.63, 3.8) is 0 Å². The molecule has 1 aromatic heterocycles. The first-order valence-electron chi connectivity index (χ1n) is 7.23. The maximum Gasteiger partial charge on any atom is 0.127 e. The van der Waals surface area contributed by atoms with E-state index in [2.05, 4.69) is 41.9 Å². The molecular formula is C17H20BrNOS. The summed E-state index contributed by atoms with van der Waals surface area (Å²) in [4.78, 5) is 2.77. The fourth-order valence-electron chi connectivity index (χ4n) is 3.17. The molecule has 1 unspecified atom stereocenters. The minimum atomic E-state index is -0.119. The zero-order valence-corrected chi connectivity index (χ0v) is 15.0. The fraction of sp³-hybridized carbons (Fsp3) is 0.412. The molecule has 21 heavy (non-hydrogen) atoms. The van der Waals surface area contributed by atoms with Crippen LogP contribution in [0.5, 0.6) is 5.75 Å². The van der Waals surface area contributed by atoms with Gasteiger partial charge in [0.25, 0.3) is 0 Å². The van der Waals surface area contributed by atoms with Crippen LogP contribution in [0, 0.1) is 13.8 Å². The molecule has 0 spiro atoms. The summed E-state index contributed by atoms with van der Waals surface area (Å²) in [5.74, 6) is 0.914. The maximum atomic E-state index is 6.60. The molecule has 1 atom stereocenters. The molecule has 0 bridgehead atoms. The first kappa shape index (κ1) is 15.1. The number of fused-ring (bicyclic) bond motifs is 1. The van der Waals surface area contributed by atoms with Crippen molar-refractivity contribution in [2.45, 2.75) is 39.2 Å². The highest BCUT2D eigenvalue weighted by molar-refractivity contribution is 9.10. The van der Waals surface area contributed by atoms with Crippen LogP contribution in [0.25, 0.3) is 0 Å². The van der Waals surface area contributed by atoms with Crippen LogP contribution in [-0.2, 0) is 12.8 Å². The van der Waals surface area contributed by atoms with Gasteiger partial charge in [-0.05, 0) is 61.9 Å². The first-order chi connectivity index (χ1) is 10.0. The van der Waals surface area contributed by atoms with Crippen LogP contribution in [0.3, 0.4) is 0 Å². The average molecular weight is 366 g/mol. The Hall–Kier alpha value is -0.840. The lowest BCUT2D eigenvalue weighted by atomic mass is 9.96. The number of nitrogens with two attached hydrogens (primary N) is 1. The summed E-state index contributed by atoms with van der Waals surface area (Å²) >= 11 is 5.51. The molecule has 0 radical (unpaired) electrons. The zero-order chi connectivity index (χ0) is 15.1. The minimum absolute atomic E-state index is 0.119. The summed E-state index contributed by atoms with van der Waals surface area (Å²) in [6.45, 7) is 4.16. The molecule has 1 heterocycles. The van der Waals surface area contributed by atoms with Gasteiger partial charge in [0.05, 0.1) is 13.2 Å². The lowest BCUT2D eigenvalue weighted by molar-refractivity contribution is 0.404. The number of aryl methyl sites for hydroxylation is 3. The van der Waals surface area contributed by atoms with Crippen molar-refractivity contribution in [1.82, 2.24) is 0 Å². The molecule has 2 aromatic rings. The highest BCUT2D eigenvalue weighted by atomic mass is 79.9. The SMILES string of the molecule is COc1c(C)cc(Br)c(C)c1C(N)c1cc2c(s1)CCC2. The molecule has 0 saturated heterocycles. The van der Waals surface area contributed by atoms with Crippen LogP contribution in [0.2, 0.25) is 0 Å². The molecule has 0 aliphatic heterocycles. The van der Waals surface area contributed by atoms with Gasteiger partial charge in [0.1, 0.15) is 5.75 Å². The van der Waals surface area contributed by atoms with Gasteiger partial charge < -0.3 is 10.5 Å². The van der Waals surface area contributed by atoms with Gasteiger partial charge in [0, 0.05) is 19.8 Å². The fourth-order valence-corrected chi connectivity index (χ4v) is 4.99. The van der Waals surface area contributed by atoms with E-state index in [1.165, 1.54) is 40.1 Å². The Bertz CT molecular complexity index is 671. The predicted octanol–water partition coefficient (Wildman–Crippen LogP) is 4.67. The monoisotopic (exact) mass is 365 g/mol. The van der Waals surface area contributed by atoms with Gasteiger partial charge in [-0.25, -0.2) is 0 Å². The van der Waals surface area contributed by atoms with Crippen LogP contribution in [0.15, 0.2) is 16.6 Å². The van der Waals surface area contributed by atoms with E-state index in [1.54, 1.807) is 7.11 Å². The summed E-state index contributed by atoms with van der Waals surface area (Å²) in [7, 11) is 1.72. The molecule has 3 rings (SSSR count). The molecule has 0 fully saturated rings. The summed E-state index contributed by atoms with van der Waals surface area (Å²) < 4.78 is 6.73. The van der Waals surface area contributed by atoms with E-state index >= 15 is 0 Å². The third-order valence-electron chi connectivity index (χ3n) is 4.30. The topological polar surface area (TPSA) is 35.2 Å². The number of benzene rings is 1. The smallest absolute Gasteiger partial charge is 0.127 e. The second kappa shape index (κ2) is 5.75. The van der Waals surface area contributed by atoms with E-state index in [-0.39, 0.29) is 6.04 Å². The molecule has 1 aliphatic rings. The van der Waals surface area contributed by atoms with E-state index in [0.29, 0.717) is 0 Å². The maximum absolute atomic E-state index is 6.60. The Morgan fingerprint density at radius 3 is 2.71 bits per heavy atom. The highest BCUT2D eigenvalue weighted by Gasteiger charge is 2.24. The van der Waals surface area contributed by atoms with Gasteiger partial charge >= 0.3 is 0 Å². The van der Waals surface area contributed by atoms with Gasteiger partial charge in [0.15, 0.2) is 0 Å². The number of methoxy groups -OCH3 is 1.